The molecule has 0 aromatic heterocycles. The van der Waals surface area contributed by atoms with E-state index in [1.165, 1.54) is 0 Å². The largest absolute Gasteiger partial charge is 0.193 e. The summed E-state index contributed by atoms with van der Waals surface area (Å²) in [5.41, 5.74) is 2.11. The van der Waals surface area contributed by atoms with Crippen molar-refractivity contribution in [3.63, 3.8) is 0 Å². The van der Waals surface area contributed by atoms with Gasteiger partial charge in [-0.15, -0.1) is 0 Å². The maximum atomic E-state index is 8.37. The Kier molecular flexibility index (Phi) is 2.46. The quantitative estimate of drug-likeness (QED) is 0.554. The molecular weight excluding hydrogens is 134 g/mol. The van der Waals surface area contributed by atoms with Gasteiger partial charge in [0.15, 0.2) is 0 Å². The lowest BCUT2D eigenvalue weighted by molar-refractivity contribution is 1.52. The summed E-state index contributed by atoms with van der Waals surface area (Å²) in [7, 11) is 0. The average molecular weight is 143 g/mol. The van der Waals surface area contributed by atoms with E-state index < -0.39 is 0 Å². The Morgan fingerprint density at radius 2 is 2.00 bits per heavy atom. The number of benzene rings is 1. The molecule has 11 heavy (non-hydrogen) atoms. The van der Waals surface area contributed by atoms with Crippen LogP contribution in [0.3, 0.4) is 0 Å². The second kappa shape index (κ2) is 3.58. The lowest BCUT2D eigenvalue weighted by Crippen LogP contribution is -1.75. The van der Waals surface area contributed by atoms with Crippen molar-refractivity contribution in [2.24, 2.45) is 0 Å². The zero-order chi connectivity index (χ0) is 8.10. The molecule has 1 nitrogen and oxygen atoms in total. The molecule has 1 aromatic carbocycles. The van der Waals surface area contributed by atoms with E-state index in [2.05, 4.69) is 0 Å². The highest BCUT2D eigenvalue weighted by molar-refractivity contribution is 5.65. The highest BCUT2D eigenvalue weighted by atomic mass is 14.2. The predicted octanol–water partition coefficient (Wildman–Crippen LogP) is 2.61. The Morgan fingerprint density at radius 3 is 2.55 bits per heavy atom. The highest BCUT2D eigenvalue weighted by Gasteiger charge is 1.90. The minimum atomic E-state index is 1.01. The normalized spacial score (nSPS) is 10.7. The van der Waals surface area contributed by atoms with Crippen LogP contribution in [0.4, 0.5) is 0 Å². The molecule has 0 bridgehead atoms. The molecule has 0 spiro atoms. The fraction of sp³-hybridized carbons (Fsp3) is 0.100. The van der Waals surface area contributed by atoms with Crippen LogP contribution in [0.15, 0.2) is 36.4 Å². The summed E-state index contributed by atoms with van der Waals surface area (Å²) in [6, 6.07) is 11.9. The SMILES string of the molecule is C/C(=C/C#N)c1ccccc1. The molecular formula is C10H9N. The summed E-state index contributed by atoms with van der Waals surface area (Å²) in [4.78, 5) is 0. The molecule has 0 aliphatic carbocycles. The molecule has 0 aliphatic rings. The third-order valence-corrected chi connectivity index (χ3v) is 1.51. The summed E-state index contributed by atoms with van der Waals surface area (Å²) < 4.78 is 0. The van der Waals surface area contributed by atoms with Gasteiger partial charge in [-0.2, -0.15) is 5.26 Å². The molecule has 0 unspecified atom stereocenters. The van der Waals surface area contributed by atoms with E-state index >= 15 is 0 Å². The van der Waals surface area contributed by atoms with Crippen LogP contribution in [-0.2, 0) is 0 Å². The van der Waals surface area contributed by atoms with Gasteiger partial charge in [-0.3, -0.25) is 0 Å². The molecule has 0 saturated carbocycles. The Hall–Kier alpha value is -1.55. The van der Waals surface area contributed by atoms with Crippen molar-refractivity contribution in [2.45, 2.75) is 6.92 Å². The summed E-state index contributed by atoms with van der Waals surface area (Å²) in [6.45, 7) is 1.93. The molecule has 54 valence electrons. The first-order chi connectivity index (χ1) is 5.34. The zero-order valence-electron chi connectivity index (χ0n) is 6.41. The van der Waals surface area contributed by atoms with Crippen LogP contribution in [0.2, 0.25) is 0 Å². The van der Waals surface area contributed by atoms with Crippen LogP contribution < -0.4 is 0 Å². The second-order valence-corrected chi connectivity index (χ2v) is 2.32. The fourth-order valence-electron chi connectivity index (χ4n) is 0.881. The second-order valence-electron chi connectivity index (χ2n) is 2.32. The third kappa shape index (κ3) is 1.94. The summed E-state index contributed by atoms with van der Waals surface area (Å²) in [5.74, 6) is 0. The molecule has 0 atom stereocenters. The maximum absolute atomic E-state index is 8.37. The van der Waals surface area contributed by atoms with E-state index in [0.29, 0.717) is 0 Å². The van der Waals surface area contributed by atoms with E-state index in [0.717, 1.165) is 11.1 Å². The number of allylic oxidation sites excluding steroid dienone is 2. The van der Waals surface area contributed by atoms with Gasteiger partial charge in [-0.25, -0.2) is 0 Å². The Bertz CT molecular complexity index is 290. The van der Waals surface area contributed by atoms with Crippen molar-refractivity contribution in [3.05, 3.63) is 42.0 Å². The fourth-order valence-corrected chi connectivity index (χ4v) is 0.881. The van der Waals surface area contributed by atoms with Crippen molar-refractivity contribution >= 4 is 5.57 Å². The summed E-state index contributed by atoms with van der Waals surface area (Å²) in [5, 5.41) is 8.37. The first kappa shape index (κ1) is 7.56. The molecule has 1 heteroatoms. The van der Waals surface area contributed by atoms with Gasteiger partial charge < -0.3 is 0 Å². The topological polar surface area (TPSA) is 23.8 Å². The standard InChI is InChI=1S/C10H9N/c1-9(7-8-11)10-5-3-2-4-6-10/h2-7H,1H3/b9-7-. The maximum Gasteiger partial charge on any atom is 0.0915 e. The summed E-state index contributed by atoms with van der Waals surface area (Å²) >= 11 is 0. The zero-order valence-corrected chi connectivity index (χ0v) is 6.41. The predicted molar refractivity (Wildman–Crippen MR) is 45.7 cm³/mol. The smallest absolute Gasteiger partial charge is 0.0915 e. The van der Waals surface area contributed by atoms with Crippen LogP contribution in [0, 0.1) is 11.3 Å². The number of nitriles is 1. The van der Waals surface area contributed by atoms with Crippen LogP contribution in [0.25, 0.3) is 5.57 Å². The summed E-state index contributed by atoms with van der Waals surface area (Å²) in [6.07, 6.45) is 1.55. The van der Waals surface area contributed by atoms with E-state index in [9.17, 15) is 0 Å². The lowest BCUT2D eigenvalue weighted by Gasteiger charge is -1.96. The number of rotatable bonds is 1. The molecule has 0 saturated heterocycles. The van der Waals surface area contributed by atoms with E-state index in [4.69, 9.17) is 5.26 Å². The molecule has 1 rings (SSSR count). The molecule has 0 fully saturated rings. The van der Waals surface area contributed by atoms with Crippen molar-refractivity contribution in [1.29, 1.82) is 5.26 Å². The van der Waals surface area contributed by atoms with Crippen LogP contribution in [0.5, 0.6) is 0 Å². The van der Waals surface area contributed by atoms with Gasteiger partial charge in [0.05, 0.1) is 6.07 Å². The van der Waals surface area contributed by atoms with Crippen molar-refractivity contribution in [3.8, 4) is 6.07 Å². The Labute approximate surface area is 66.6 Å². The molecule has 0 amide bonds. The third-order valence-electron chi connectivity index (χ3n) is 1.51. The Balaban J connectivity index is 2.96. The van der Waals surface area contributed by atoms with E-state index in [1.54, 1.807) is 6.08 Å². The highest BCUT2D eigenvalue weighted by Crippen LogP contribution is 2.11. The van der Waals surface area contributed by atoms with E-state index in [1.807, 2.05) is 43.3 Å². The van der Waals surface area contributed by atoms with Crippen molar-refractivity contribution in [2.75, 3.05) is 0 Å². The first-order valence-electron chi connectivity index (χ1n) is 3.46. The first-order valence-corrected chi connectivity index (χ1v) is 3.46. The van der Waals surface area contributed by atoms with Crippen molar-refractivity contribution in [1.82, 2.24) is 0 Å². The molecule has 0 radical (unpaired) electrons. The van der Waals surface area contributed by atoms with Crippen LogP contribution >= 0.6 is 0 Å². The molecule has 0 N–H and O–H groups in total. The van der Waals surface area contributed by atoms with Gasteiger partial charge in [0, 0.05) is 6.08 Å². The van der Waals surface area contributed by atoms with Crippen molar-refractivity contribution < 1.29 is 0 Å². The van der Waals surface area contributed by atoms with E-state index in [-0.39, 0.29) is 0 Å². The minimum Gasteiger partial charge on any atom is -0.193 e. The Morgan fingerprint density at radius 1 is 1.36 bits per heavy atom. The average Bonchev–Trinajstić information content (AvgIpc) is 2.07. The van der Waals surface area contributed by atoms with Gasteiger partial charge >= 0.3 is 0 Å². The number of hydrogen-bond donors (Lipinski definition) is 0. The van der Waals surface area contributed by atoms with Crippen LogP contribution in [-0.4, -0.2) is 0 Å². The van der Waals surface area contributed by atoms with Gasteiger partial charge in [-0.05, 0) is 18.1 Å². The molecule has 0 aliphatic heterocycles. The van der Waals surface area contributed by atoms with Crippen LogP contribution in [0.1, 0.15) is 12.5 Å². The van der Waals surface area contributed by atoms with Gasteiger partial charge in [-0.1, -0.05) is 30.3 Å². The molecule has 1 aromatic rings. The number of nitrogens with zero attached hydrogens (tertiary/aromatic N) is 1. The number of hydrogen-bond acceptors (Lipinski definition) is 1. The van der Waals surface area contributed by atoms with Gasteiger partial charge in [0.1, 0.15) is 0 Å². The lowest BCUT2D eigenvalue weighted by atomic mass is 10.1. The van der Waals surface area contributed by atoms with Gasteiger partial charge in [0.2, 0.25) is 0 Å². The molecule has 0 heterocycles. The van der Waals surface area contributed by atoms with Gasteiger partial charge in [0.25, 0.3) is 0 Å². The monoisotopic (exact) mass is 143 g/mol. The minimum absolute atomic E-state index is 1.01.